The van der Waals surface area contributed by atoms with Gasteiger partial charge in [-0.05, 0) is 23.8 Å². The minimum atomic E-state index is 0.315. The van der Waals surface area contributed by atoms with Crippen molar-refractivity contribution in [1.29, 1.82) is 0 Å². The molecule has 2 aromatic rings. The van der Waals surface area contributed by atoms with Crippen LogP contribution in [0.4, 0.5) is 0 Å². The van der Waals surface area contributed by atoms with Crippen LogP contribution in [-0.2, 0) is 6.61 Å². The Labute approximate surface area is 119 Å². The van der Waals surface area contributed by atoms with Crippen LogP contribution in [0.25, 0.3) is 0 Å². The number of hydrogen-bond acceptors (Lipinski definition) is 3. The number of hydrogen-bond donors (Lipinski definition) is 1. The van der Waals surface area contributed by atoms with Crippen molar-refractivity contribution in [3.05, 3.63) is 59.7 Å². The highest BCUT2D eigenvalue weighted by molar-refractivity contribution is 5.50. The monoisotopic (exact) mass is 267 g/mol. The van der Waals surface area contributed by atoms with Gasteiger partial charge in [0.25, 0.3) is 0 Å². The number of rotatable bonds is 4. The summed E-state index contributed by atoms with van der Waals surface area (Å²) in [5.74, 6) is 7.32. The molecule has 0 saturated carbocycles. The highest BCUT2D eigenvalue weighted by Gasteiger charge is 2.04. The molecule has 20 heavy (non-hydrogen) atoms. The van der Waals surface area contributed by atoms with E-state index >= 15 is 0 Å². The van der Waals surface area contributed by atoms with Crippen LogP contribution in [0.5, 0.6) is 11.5 Å². The van der Waals surface area contributed by atoms with Crippen LogP contribution >= 0.6 is 0 Å². The molecule has 0 aliphatic heterocycles. The van der Waals surface area contributed by atoms with Crippen molar-refractivity contribution < 1.29 is 9.47 Å². The standard InChI is InChI=1S/C17H17NO2/c1-19-16-9-10-17(15(12-16)8-5-11-18)20-13-14-6-3-2-4-7-14/h2-4,6-7,9-10,12H,11,13,18H2,1H3. The minimum Gasteiger partial charge on any atom is -0.497 e. The van der Waals surface area contributed by atoms with Gasteiger partial charge >= 0.3 is 0 Å². The Morgan fingerprint density at radius 1 is 1.10 bits per heavy atom. The van der Waals surface area contributed by atoms with Crippen molar-refractivity contribution in [2.45, 2.75) is 6.61 Å². The van der Waals surface area contributed by atoms with E-state index in [0.717, 1.165) is 22.6 Å². The molecular formula is C17H17NO2. The van der Waals surface area contributed by atoms with Crippen molar-refractivity contribution in [2.75, 3.05) is 13.7 Å². The van der Waals surface area contributed by atoms with Gasteiger partial charge in [-0.25, -0.2) is 0 Å². The first-order chi connectivity index (χ1) is 9.83. The fraction of sp³-hybridized carbons (Fsp3) is 0.176. The highest BCUT2D eigenvalue weighted by Crippen LogP contribution is 2.24. The Balaban J connectivity index is 2.17. The first kappa shape index (κ1) is 14.0. The minimum absolute atomic E-state index is 0.315. The molecule has 2 rings (SSSR count). The molecule has 0 spiro atoms. The third-order valence-corrected chi connectivity index (χ3v) is 2.75. The zero-order valence-electron chi connectivity index (χ0n) is 11.4. The summed E-state index contributed by atoms with van der Waals surface area (Å²) in [5, 5.41) is 0. The third kappa shape index (κ3) is 3.78. The second-order valence-corrected chi connectivity index (χ2v) is 4.14. The average molecular weight is 267 g/mol. The Morgan fingerprint density at radius 3 is 2.60 bits per heavy atom. The van der Waals surface area contributed by atoms with Gasteiger partial charge in [-0.3, -0.25) is 0 Å². The zero-order valence-corrected chi connectivity index (χ0v) is 11.4. The predicted octanol–water partition coefficient (Wildman–Crippen LogP) is 2.58. The summed E-state index contributed by atoms with van der Waals surface area (Å²) in [6.45, 7) is 0.819. The van der Waals surface area contributed by atoms with Crippen LogP contribution in [0.2, 0.25) is 0 Å². The van der Waals surface area contributed by atoms with Crippen molar-refractivity contribution in [1.82, 2.24) is 0 Å². The maximum absolute atomic E-state index is 5.82. The van der Waals surface area contributed by atoms with E-state index in [2.05, 4.69) is 11.8 Å². The van der Waals surface area contributed by atoms with E-state index < -0.39 is 0 Å². The van der Waals surface area contributed by atoms with E-state index in [4.69, 9.17) is 15.2 Å². The van der Waals surface area contributed by atoms with Crippen LogP contribution < -0.4 is 15.2 Å². The van der Waals surface area contributed by atoms with E-state index in [1.807, 2.05) is 48.5 Å². The van der Waals surface area contributed by atoms with Gasteiger partial charge < -0.3 is 15.2 Å². The van der Waals surface area contributed by atoms with Crippen LogP contribution in [0.15, 0.2) is 48.5 Å². The highest BCUT2D eigenvalue weighted by atomic mass is 16.5. The molecule has 0 atom stereocenters. The molecule has 0 radical (unpaired) electrons. The molecule has 0 unspecified atom stereocenters. The van der Waals surface area contributed by atoms with Crippen molar-refractivity contribution >= 4 is 0 Å². The van der Waals surface area contributed by atoms with Gasteiger partial charge in [-0.1, -0.05) is 42.2 Å². The summed E-state index contributed by atoms with van der Waals surface area (Å²) >= 11 is 0. The summed E-state index contributed by atoms with van der Waals surface area (Å²) in [6.07, 6.45) is 0. The molecule has 0 amide bonds. The Kier molecular flexibility index (Phi) is 5.05. The molecule has 0 heterocycles. The third-order valence-electron chi connectivity index (χ3n) is 2.75. The van der Waals surface area contributed by atoms with Gasteiger partial charge in [-0.2, -0.15) is 0 Å². The molecule has 0 bridgehead atoms. The van der Waals surface area contributed by atoms with Crippen molar-refractivity contribution in [2.24, 2.45) is 5.73 Å². The van der Waals surface area contributed by atoms with E-state index in [1.165, 1.54) is 0 Å². The lowest BCUT2D eigenvalue weighted by Crippen LogP contribution is -1.98. The fourth-order valence-electron chi connectivity index (χ4n) is 1.74. The van der Waals surface area contributed by atoms with E-state index in [0.29, 0.717) is 13.2 Å². The molecule has 0 aliphatic carbocycles. The van der Waals surface area contributed by atoms with E-state index in [1.54, 1.807) is 7.11 Å². The molecule has 102 valence electrons. The first-order valence-electron chi connectivity index (χ1n) is 6.37. The maximum Gasteiger partial charge on any atom is 0.135 e. The lowest BCUT2D eigenvalue weighted by Gasteiger charge is -2.10. The molecule has 3 nitrogen and oxygen atoms in total. The first-order valence-corrected chi connectivity index (χ1v) is 6.37. The van der Waals surface area contributed by atoms with Gasteiger partial charge in [0, 0.05) is 0 Å². The van der Waals surface area contributed by atoms with Gasteiger partial charge in [0.15, 0.2) is 0 Å². The number of benzene rings is 2. The molecular weight excluding hydrogens is 250 g/mol. The van der Waals surface area contributed by atoms with E-state index in [9.17, 15) is 0 Å². The zero-order chi connectivity index (χ0) is 14.2. The molecule has 0 aromatic heterocycles. The van der Waals surface area contributed by atoms with Gasteiger partial charge in [0.2, 0.25) is 0 Å². The van der Waals surface area contributed by atoms with Crippen molar-refractivity contribution in [3.8, 4) is 23.3 Å². The number of methoxy groups -OCH3 is 1. The van der Waals surface area contributed by atoms with Crippen molar-refractivity contribution in [3.63, 3.8) is 0 Å². The van der Waals surface area contributed by atoms with Gasteiger partial charge in [0.05, 0.1) is 19.2 Å². The summed E-state index contributed by atoms with van der Waals surface area (Å²) in [6, 6.07) is 15.6. The number of ether oxygens (including phenoxy) is 2. The maximum atomic E-state index is 5.82. The second-order valence-electron chi connectivity index (χ2n) is 4.14. The molecule has 0 saturated heterocycles. The Bertz CT molecular complexity index is 612. The lowest BCUT2D eigenvalue weighted by atomic mass is 10.2. The van der Waals surface area contributed by atoms with E-state index in [-0.39, 0.29) is 0 Å². The summed E-state index contributed by atoms with van der Waals surface area (Å²) in [7, 11) is 1.62. The largest absolute Gasteiger partial charge is 0.497 e. The Hall–Kier alpha value is -2.44. The normalized spacial score (nSPS) is 9.50. The fourth-order valence-corrected chi connectivity index (χ4v) is 1.74. The van der Waals surface area contributed by atoms with Gasteiger partial charge in [0.1, 0.15) is 18.1 Å². The molecule has 0 aliphatic rings. The summed E-state index contributed by atoms with van der Waals surface area (Å²) < 4.78 is 11.0. The predicted molar refractivity (Wildman–Crippen MR) is 79.7 cm³/mol. The smallest absolute Gasteiger partial charge is 0.135 e. The Morgan fingerprint density at radius 2 is 1.90 bits per heavy atom. The quantitative estimate of drug-likeness (QED) is 0.866. The SMILES string of the molecule is COc1ccc(OCc2ccccc2)c(C#CCN)c1. The van der Waals surface area contributed by atoms with Crippen LogP contribution in [-0.4, -0.2) is 13.7 Å². The summed E-state index contributed by atoms with van der Waals surface area (Å²) in [4.78, 5) is 0. The van der Waals surface area contributed by atoms with Crippen LogP contribution in [0.1, 0.15) is 11.1 Å². The molecule has 2 N–H and O–H groups in total. The second kappa shape index (κ2) is 7.22. The van der Waals surface area contributed by atoms with Crippen LogP contribution in [0.3, 0.4) is 0 Å². The number of nitrogens with two attached hydrogens (primary N) is 1. The molecule has 0 fully saturated rings. The average Bonchev–Trinajstić information content (AvgIpc) is 2.52. The topological polar surface area (TPSA) is 44.5 Å². The van der Waals surface area contributed by atoms with Gasteiger partial charge in [-0.15, -0.1) is 0 Å². The summed E-state index contributed by atoms with van der Waals surface area (Å²) in [5.41, 5.74) is 7.31. The molecule has 3 heteroatoms. The lowest BCUT2D eigenvalue weighted by molar-refractivity contribution is 0.304. The molecule has 2 aromatic carbocycles. The van der Waals surface area contributed by atoms with Crippen LogP contribution in [0, 0.1) is 11.8 Å².